The lowest BCUT2D eigenvalue weighted by molar-refractivity contribution is -0.141. The van der Waals surface area contributed by atoms with Crippen molar-refractivity contribution in [2.45, 2.75) is 32.1 Å². The molecule has 1 spiro atoms. The van der Waals surface area contributed by atoms with E-state index in [0.29, 0.717) is 0 Å². The number of amides is 2. The van der Waals surface area contributed by atoms with Crippen LogP contribution in [0.15, 0.2) is 48.7 Å². The summed E-state index contributed by atoms with van der Waals surface area (Å²) >= 11 is 0. The van der Waals surface area contributed by atoms with Crippen molar-refractivity contribution >= 4 is 11.8 Å². The number of piperidine rings is 2. The molecule has 5 nitrogen and oxygen atoms in total. The molecule has 1 aromatic carbocycles. The standard InChI is InChI=1S/C23H29N3O2/c1-3-25-17-23(16-19(21(25)27)18-8-5-4-6-9-18)11-14-26(15-12-23)22(28)20-10-7-13-24(20)2/h4-10,13,19H,3,11-12,14-17H2,1-2H3. The highest BCUT2D eigenvalue weighted by atomic mass is 16.2. The zero-order chi connectivity index (χ0) is 19.7. The summed E-state index contributed by atoms with van der Waals surface area (Å²) in [5.41, 5.74) is 1.97. The number of nitrogens with zero attached hydrogens (tertiary/aromatic N) is 3. The zero-order valence-electron chi connectivity index (χ0n) is 16.8. The van der Waals surface area contributed by atoms with Crippen LogP contribution in [0.25, 0.3) is 0 Å². The molecule has 148 valence electrons. The van der Waals surface area contributed by atoms with Crippen LogP contribution in [0.1, 0.15) is 48.2 Å². The Morgan fingerprint density at radius 2 is 1.82 bits per heavy atom. The third kappa shape index (κ3) is 3.34. The molecule has 1 unspecified atom stereocenters. The summed E-state index contributed by atoms with van der Waals surface area (Å²) in [6, 6.07) is 14.0. The van der Waals surface area contributed by atoms with E-state index in [1.165, 1.54) is 0 Å². The average molecular weight is 380 g/mol. The van der Waals surface area contributed by atoms with Crippen molar-refractivity contribution in [2.24, 2.45) is 12.5 Å². The Bertz CT molecular complexity index is 850. The molecular formula is C23H29N3O2. The van der Waals surface area contributed by atoms with Gasteiger partial charge < -0.3 is 14.4 Å². The molecule has 4 rings (SSSR count). The second-order valence-electron chi connectivity index (χ2n) is 8.32. The van der Waals surface area contributed by atoms with Gasteiger partial charge in [0, 0.05) is 39.4 Å². The molecule has 0 saturated carbocycles. The van der Waals surface area contributed by atoms with Crippen molar-refractivity contribution in [3.8, 4) is 0 Å². The minimum Gasteiger partial charge on any atom is -0.347 e. The molecule has 0 radical (unpaired) electrons. The Hall–Kier alpha value is -2.56. The molecule has 28 heavy (non-hydrogen) atoms. The van der Waals surface area contributed by atoms with Crippen LogP contribution >= 0.6 is 0 Å². The maximum atomic E-state index is 13.0. The fourth-order valence-corrected chi connectivity index (χ4v) is 4.89. The van der Waals surface area contributed by atoms with E-state index >= 15 is 0 Å². The number of hydrogen-bond donors (Lipinski definition) is 0. The summed E-state index contributed by atoms with van der Waals surface area (Å²) in [7, 11) is 1.91. The largest absolute Gasteiger partial charge is 0.347 e. The van der Waals surface area contributed by atoms with Gasteiger partial charge in [0.25, 0.3) is 5.91 Å². The maximum absolute atomic E-state index is 13.0. The number of rotatable bonds is 3. The molecule has 0 bridgehead atoms. The lowest BCUT2D eigenvalue weighted by Crippen LogP contribution is -2.54. The van der Waals surface area contributed by atoms with Gasteiger partial charge >= 0.3 is 0 Å². The van der Waals surface area contributed by atoms with E-state index in [9.17, 15) is 9.59 Å². The van der Waals surface area contributed by atoms with E-state index in [-0.39, 0.29) is 23.1 Å². The van der Waals surface area contributed by atoms with Crippen LogP contribution in [-0.2, 0) is 11.8 Å². The molecular weight excluding hydrogens is 350 g/mol. The highest BCUT2D eigenvalue weighted by molar-refractivity contribution is 5.92. The number of likely N-dealkylation sites (N-methyl/N-ethyl adjacent to an activating group) is 1. The number of carbonyl (C=O) groups excluding carboxylic acids is 2. The molecule has 1 atom stereocenters. The van der Waals surface area contributed by atoms with E-state index in [4.69, 9.17) is 0 Å². The van der Waals surface area contributed by atoms with Gasteiger partial charge in [0.15, 0.2) is 0 Å². The molecule has 2 aliphatic rings. The van der Waals surface area contributed by atoms with E-state index in [1.807, 2.05) is 57.9 Å². The Labute approximate surface area is 166 Å². The van der Waals surface area contributed by atoms with Gasteiger partial charge in [-0.1, -0.05) is 30.3 Å². The second kappa shape index (κ2) is 7.46. The molecule has 1 aromatic heterocycles. The quantitative estimate of drug-likeness (QED) is 0.822. The summed E-state index contributed by atoms with van der Waals surface area (Å²) in [5, 5.41) is 0. The van der Waals surface area contributed by atoms with Gasteiger partial charge in [-0.2, -0.15) is 0 Å². The molecule has 2 fully saturated rings. The number of likely N-dealkylation sites (tertiary alicyclic amines) is 2. The van der Waals surface area contributed by atoms with Gasteiger partial charge in [0.05, 0.1) is 5.92 Å². The first kappa shape index (κ1) is 18.8. The Morgan fingerprint density at radius 1 is 1.11 bits per heavy atom. The van der Waals surface area contributed by atoms with Crippen molar-refractivity contribution in [1.29, 1.82) is 0 Å². The first-order chi connectivity index (χ1) is 13.5. The molecule has 2 aromatic rings. The van der Waals surface area contributed by atoms with E-state index in [2.05, 4.69) is 19.1 Å². The minimum atomic E-state index is -0.0648. The number of carbonyl (C=O) groups is 2. The van der Waals surface area contributed by atoms with Crippen LogP contribution in [-0.4, -0.2) is 52.4 Å². The van der Waals surface area contributed by atoms with E-state index in [0.717, 1.165) is 56.7 Å². The normalized spacial score (nSPS) is 21.9. The van der Waals surface area contributed by atoms with E-state index < -0.39 is 0 Å². The summed E-state index contributed by atoms with van der Waals surface area (Å²) in [6.45, 7) is 5.15. The van der Waals surface area contributed by atoms with Gasteiger partial charge in [-0.25, -0.2) is 0 Å². The van der Waals surface area contributed by atoms with Crippen molar-refractivity contribution in [3.63, 3.8) is 0 Å². The van der Waals surface area contributed by atoms with Crippen LogP contribution in [0.3, 0.4) is 0 Å². The van der Waals surface area contributed by atoms with Crippen molar-refractivity contribution in [2.75, 3.05) is 26.2 Å². The molecule has 0 aliphatic carbocycles. The summed E-state index contributed by atoms with van der Waals surface area (Å²) in [5.74, 6) is 0.299. The van der Waals surface area contributed by atoms with Crippen molar-refractivity contribution < 1.29 is 9.59 Å². The van der Waals surface area contributed by atoms with Crippen LogP contribution in [0.2, 0.25) is 0 Å². The fourth-order valence-electron chi connectivity index (χ4n) is 4.89. The fraction of sp³-hybridized carbons (Fsp3) is 0.478. The monoisotopic (exact) mass is 379 g/mol. The minimum absolute atomic E-state index is 0.0648. The van der Waals surface area contributed by atoms with Crippen LogP contribution < -0.4 is 0 Å². The predicted molar refractivity (Wildman–Crippen MR) is 109 cm³/mol. The number of aromatic nitrogens is 1. The highest BCUT2D eigenvalue weighted by Gasteiger charge is 2.46. The van der Waals surface area contributed by atoms with E-state index in [1.54, 1.807) is 0 Å². The van der Waals surface area contributed by atoms with Crippen LogP contribution in [0, 0.1) is 5.41 Å². The molecule has 2 saturated heterocycles. The van der Waals surface area contributed by atoms with Gasteiger partial charge in [-0.15, -0.1) is 0 Å². The number of aryl methyl sites for hydroxylation is 1. The smallest absolute Gasteiger partial charge is 0.270 e. The SMILES string of the molecule is CCN1CC2(CCN(C(=O)c3cccn3C)CC2)CC(c2ccccc2)C1=O. The first-order valence-electron chi connectivity index (χ1n) is 10.3. The number of benzene rings is 1. The highest BCUT2D eigenvalue weighted by Crippen LogP contribution is 2.45. The van der Waals surface area contributed by atoms with Crippen LogP contribution in [0.4, 0.5) is 0 Å². The molecule has 5 heteroatoms. The third-order valence-electron chi connectivity index (χ3n) is 6.63. The second-order valence-corrected chi connectivity index (χ2v) is 8.32. The van der Waals surface area contributed by atoms with Crippen LogP contribution in [0.5, 0.6) is 0 Å². The summed E-state index contributed by atoms with van der Waals surface area (Å²) < 4.78 is 1.89. The Morgan fingerprint density at radius 3 is 2.43 bits per heavy atom. The van der Waals surface area contributed by atoms with Crippen molar-refractivity contribution in [1.82, 2.24) is 14.4 Å². The zero-order valence-corrected chi connectivity index (χ0v) is 16.8. The third-order valence-corrected chi connectivity index (χ3v) is 6.63. The molecule has 3 heterocycles. The predicted octanol–water partition coefficient (Wildman–Crippen LogP) is 3.28. The molecule has 2 amide bonds. The molecule has 0 N–H and O–H groups in total. The van der Waals surface area contributed by atoms with Gasteiger partial charge in [0.1, 0.15) is 5.69 Å². The summed E-state index contributed by atoms with van der Waals surface area (Å²) in [6.07, 6.45) is 4.71. The Kier molecular flexibility index (Phi) is 5.00. The lowest BCUT2D eigenvalue weighted by atomic mass is 9.67. The first-order valence-corrected chi connectivity index (χ1v) is 10.3. The Balaban J connectivity index is 1.51. The topological polar surface area (TPSA) is 45.5 Å². The van der Waals surface area contributed by atoms with Gasteiger partial charge in [-0.05, 0) is 49.3 Å². The summed E-state index contributed by atoms with van der Waals surface area (Å²) in [4.78, 5) is 29.9. The maximum Gasteiger partial charge on any atom is 0.270 e. The lowest BCUT2D eigenvalue weighted by Gasteiger charge is -2.49. The van der Waals surface area contributed by atoms with Gasteiger partial charge in [0.2, 0.25) is 5.91 Å². The van der Waals surface area contributed by atoms with Gasteiger partial charge in [-0.3, -0.25) is 9.59 Å². The average Bonchev–Trinajstić information content (AvgIpc) is 3.16. The van der Waals surface area contributed by atoms with Crippen molar-refractivity contribution in [3.05, 3.63) is 59.9 Å². The number of hydrogen-bond acceptors (Lipinski definition) is 2. The molecule has 2 aliphatic heterocycles.